The summed E-state index contributed by atoms with van der Waals surface area (Å²) in [4.78, 5) is 0. The zero-order chi connectivity index (χ0) is 13.7. The lowest BCUT2D eigenvalue weighted by molar-refractivity contribution is 0.314. The molecule has 0 aromatic rings. The molecular weight excluding hydrogens is 216 g/mol. The summed E-state index contributed by atoms with van der Waals surface area (Å²) in [6.07, 6.45) is 19.3. The second-order valence-corrected chi connectivity index (χ2v) is 6.67. The predicted molar refractivity (Wildman–Crippen MR) is 84.8 cm³/mol. The number of unbranched alkanes of at least 4 members (excludes halogenated alkanes) is 9. The summed E-state index contributed by atoms with van der Waals surface area (Å²) in [5.74, 6) is 0. The van der Waals surface area contributed by atoms with Gasteiger partial charge in [0.15, 0.2) is 0 Å². The van der Waals surface area contributed by atoms with E-state index in [1.807, 2.05) is 0 Å². The van der Waals surface area contributed by atoms with Crippen LogP contribution in [0.25, 0.3) is 0 Å². The highest BCUT2D eigenvalue weighted by Crippen LogP contribution is 2.29. The van der Waals surface area contributed by atoms with Gasteiger partial charge < -0.3 is 0 Å². The van der Waals surface area contributed by atoms with Crippen LogP contribution in [-0.2, 0) is 0 Å². The predicted octanol–water partition coefficient (Wildman–Crippen LogP) is 6.94. The molecule has 0 aromatic heterocycles. The Balaban J connectivity index is 3.23. The fraction of sp³-hybridized carbons (Fsp3) is 0.944. The monoisotopic (exact) mass is 253 g/mol. The molecular formula is C18H37. The van der Waals surface area contributed by atoms with Crippen LogP contribution in [0.4, 0.5) is 0 Å². The maximum Gasteiger partial charge on any atom is -0.0351 e. The molecule has 0 heterocycles. The largest absolute Gasteiger partial charge is 0.0654 e. The van der Waals surface area contributed by atoms with Crippen LogP contribution in [0, 0.1) is 11.8 Å². The second kappa shape index (κ2) is 12.1. The standard InChI is InChI=1S/C18H37/c1-5-7-9-10-11-12-13-14-15-17-18(3,4)16-8-6-2/h15H,5-14,16-17H2,1-4H3. The van der Waals surface area contributed by atoms with Crippen molar-refractivity contribution in [1.29, 1.82) is 0 Å². The highest BCUT2D eigenvalue weighted by molar-refractivity contribution is 4.77. The third-order valence-electron chi connectivity index (χ3n) is 3.92. The van der Waals surface area contributed by atoms with Crippen LogP contribution in [0.15, 0.2) is 0 Å². The molecule has 0 N–H and O–H groups in total. The van der Waals surface area contributed by atoms with Crippen molar-refractivity contribution in [3.05, 3.63) is 6.42 Å². The van der Waals surface area contributed by atoms with E-state index < -0.39 is 0 Å². The Morgan fingerprint density at radius 2 is 1.28 bits per heavy atom. The second-order valence-electron chi connectivity index (χ2n) is 6.67. The minimum Gasteiger partial charge on any atom is -0.0654 e. The summed E-state index contributed by atoms with van der Waals surface area (Å²) in [6, 6.07) is 0. The fourth-order valence-corrected chi connectivity index (χ4v) is 2.50. The van der Waals surface area contributed by atoms with Gasteiger partial charge in [-0.15, -0.1) is 0 Å². The van der Waals surface area contributed by atoms with Gasteiger partial charge in [0.2, 0.25) is 0 Å². The molecule has 0 aliphatic carbocycles. The molecule has 0 heteroatoms. The zero-order valence-electron chi connectivity index (χ0n) is 13.6. The van der Waals surface area contributed by atoms with Crippen molar-refractivity contribution in [2.45, 2.75) is 105 Å². The van der Waals surface area contributed by atoms with Gasteiger partial charge in [0, 0.05) is 0 Å². The first-order valence-electron chi connectivity index (χ1n) is 8.44. The Morgan fingerprint density at radius 1 is 0.722 bits per heavy atom. The van der Waals surface area contributed by atoms with Crippen LogP contribution in [0.1, 0.15) is 105 Å². The highest BCUT2D eigenvalue weighted by atomic mass is 14.2. The normalized spacial score (nSPS) is 12.0. The quantitative estimate of drug-likeness (QED) is 0.312. The Morgan fingerprint density at radius 3 is 1.89 bits per heavy atom. The van der Waals surface area contributed by atoms with Gasteiger partial charge in [-0.2, -0.15) is 0 Å². The molecule has 0 aliphatic heterocycles. The van der Waals surface area contributed by atoms with Crippen LogP contribution in [0.3, 0.4) is 0 Å². The smallest absolute Gasteiger partial charge is 0.0351 e. The minimum atomic E-state index is 0.539. The molecule has 0 aromatic carbocycles. The van der Waals surface area contributed by atoms with Gasteiger partial charge >= 0.3 is 0 Å². The minimum absolute atomic E-state index is 0.539. The number of hydrogen-bond acceptors (Lipinski definition) is 0. The molecule has 0 atom stereocenters. The van der Waals surface area contributed by atoms with E-state index in [9.17, 15) is 0 Å². The van der Waals surface area contributed by atoms with Crippen LogP contribution in [-0.4, -0.2) is 0 Å². The lowest BCUT2D eigenvalue weighted by atomic mass is 9.82. The van der Waals surface area contributed by atoms with Gasteiger partial charge in [-0.05, 0) is 24.7 Å². The van der Waals surface area contributed by atoms with Crippen molar-refractivity contribution in [3.63, 3.8) is 0 Å². The molecule has 0 fully saturated rings. The highest BCUT2D eigenvalue weighted by Gasteiger charge is 2.15. The average Bonchev–Trinajstić information content (AvgIpc) is 2.34. The Kier molecular flexibility index (Phi) is 12.1. The van der Waals surface area contributed by atoms with Crippen molar-refractivity contribution >= 4 is 0 Å². The van der Waals surface area contributed by atoms with Crippen molar-refractivity contribution in [3.8, 4) is 0 Å². The van der Waals surface area contributed by atoms with E-state index in [1.54, 1.807) is 0 Å². The molecule has 0 amide bonds. The summed E-state index contributed by atoms with van der Waals surface area (Å²) in [7, 11) is 0. The topological polar surface area (TPSA) is 0 Å². The molecule has 1 radical (unpaired) electrons. The van der Waals surface area contributed by atoms with Crippen LogP contribution in [0.5, 0.6) is 0 Å². The molecule has 0 saturated heterocycles. The Labute approximate surface area is 117 Å². The zero-order valence-corrected chi connectivity index (χ0v) is 13.6. The summed E-state index contributed by atoms with van der Waals surface area (Å²) in [5.41, 5.74) is 0.539. The molecule has 0 rings (SSSR count). The van der Waals surface area contributed by atoms with Gasteiger partial charge in [0.1, 0.15) is 0 Å². The summed E-state index contributed by atoms with van der Waals surface area (Å²) < 4.78 is 0. The molecule has 18 heavy (non-hydrogen) atoms. The average molecular weight is 253 g/mol. The molecule has 109 valence electrons. The molecule has 0 spiro atoms. The molecule has 0 bridgehead atoms. The Bertz CT molecular complexity index is 157. The van der Waals surface area contributed by atoms with E-state index in [1.165, 1.54) is 77.0 Å². The molecule has 0 unspecified atom stereocenters. The first kappa shape index (κ1) is 18.0. The van der Waals surface area contributed by atoms with E-state index >= 15 is 0 Å². The Hall–Kier alpha value is 0. The van der Waals surface area contributed by atoms with Gasteiger partial charge in [0.05, 0.1) is 0 Å². The van der Waals surface area contributed by atoms with Gasteiger partial charge in [-0.1, -0.05) is 91.9 Å². The van der Waals surface area contributed by atoms with Crippen molar-refractivity contribution < 1.29 is 0 Å². The fourth-order valence-electron chi connectivity index (χ4n) is 2.50. The first-order valence-corrected chi connectivity index (χ1v) is 8.44. The van der Waals surface area contributed by atoms with Gasteiger partial charge in [-0.25, -0.2) is 0 Å². The first-order chi connectivity index (χ1) is 8.62. The lowest BCUT2D eigenvalue weighted by Crippen LogP contribution is -2.11. The van der Waals surface area contributed by atoms with Crippen molar-refractivity contribution in [2.75, 3.05) is 0 Å². The lowest BCUT2D eigenvalue weighted by Gasteiger charge is -2.24. The van der Waals surface area contributed by atoms with Crippen molar-refractivity contribution in [1.82, 2.24) is 0 Å². The molecule has 0 saturated carbocycles. The van der Waals surface area contributed by atoms with Gasteiger partial charge in [-0.3, -0.25) is 0 Å². The number of rotatable bonds is 13. The van der Waals surface area contributed by atoms with E-state index in [0.29, 0.717) is 5.41 Å². The molecule has 0 aliphatic rings. The third-order valence-corrected chi connectivity index (χ3v) is 3.92. The van der Waals surface area contributed by atoms with Gasteiger partial charge in [0.25, 0.3) is 0 Å². The van der Waals surface area contributed by atoms with E-state index in [2.05, 4.69) is 34.1 Å². The van der Waals surface area contributed by atoms with E-state index in [4.69, 9.17) is 0 Å². The maximum atomic E-state index is 2.54. The van der Waals surface area contributed by atoms with Crippen LogP contribution in [0.2, 0.25) is 0 Å². The SMILES string of the molecule is CCCCCCCCC[CH]CC(C)(C)CCCC. The maximum absolute atomic E-state index is 2.54. The molecule has 0 nitrogen and oxygen atoms in total. The summed E-state index contributed by atoms with van der Waals surface area (Å²) in [5, 5.41) is 0. The van der Waals surface area contributed by atoms with Crippen LogP contribution < -0.4 is 0 Å². The van der Waals surface area contributed by atoms with E-state index in [0.717, 1.165) is 0 Å². The summed E-state index contributed by atoms with van der Waals surface area (Å²) >= 11 is 0. The van der Waals surface area contributed by atoms with E-state index in [-0.39, 0.29) is 0 Å². The summed E-state index contributed by atoms with van der Waals surface area (Å²) in [6.45, 7) is 9.42. The van der Waals surface area contributed by atoms with Crippen molar-refractivity contribution in [2.24, 2.45) is 5.41 Å². The van der Waals surface area contributed by atoms with Crippen LogP contribution >= 0.6 is 0 Å². The third kappa shape index (κ3) is 12.5. The number of hydrogen-bond donors (Lipinski definition) is 0.